The zero-order valence-corrected chi connectivity index (χ0v) is 9.16. The number of piperazine rings is 1. The maximum Gasteiger partial charge on any atom is 0.309 e. The number of rotatable bonds is 1. The summed E-state index contributed by atoms with van der Waals surface area (Å²) in [5, 5.41) is 5.25. The second-order valence-electron chi connectivity index (χ2n) is 4.20. The first-order chi connectivity index (χ1) is 8.24. The molecule has 88 valence electrons. The molecule has 2 aliphatic rings. The fraction of sp³-hybridized carbons (Fsp3) is 0.333. The Morgan fingerprint density at radius 3 is 2.94 bits per heavy atom. The molecule has 1 aromatic carbocycles. The first-order valence-corrected chi connectivity index (χ1v) is 5.58. The molecule has 0 bridgehead atoms. The zero-order valence-electron chi connectivity index (χ0n) is 9.16. The van der Waals surface area contributed by atoms with E-state index in [1.54, 1.807) is 0 Å². The maximum absolute atomic E-state index is 11.3. The molecule has 0 saturated carbocycles. The molecule has 0 aliphatic carbocycles. The summed E-state index contributed by atoms with van der Waals surface area (Å²) in [4.78, 5) is 22.3. The Morgan fingerprint density at radius 1 is 1.24 bits per heavy atom. The molecule has 2 heterocycles. The van der Waals surface area contributed by atoms with Gasteiger partial charge in [0.25, 0.3) is 0 Å². The standard InChI is InChI=1S/C12H12N2O3/c15-11-12(16)14-9(6-13-11)7-1-2-10-8(5-7)3-4-17-10/h1-2,5,9H,3-4,6H2,(H,13,15)(H,14,16). The maximum atomic E-state index is 11.3. The van der Waals surface area contributed by atoms with Gasteiger partial charge in [0, 0.05) is 13.0 Å². The number of nitrogens with one attached hydrogen (secondary N) is 2. The van der Waals surface area contributed by atoms with Crippen molar-refractivity contribution in [1.29, 1.82) is 0 Å². The predicted molar refractivity (Wildman–Crippen MR) is 59.5 cm³/mol. The van der Waals surface area contributed by atoms with Crippen LogP contribution in [0.1, 0.15) is 17.2 Å². The second kappa shape index (κ2) is 3.76. The lowest BCUT2D eigenvalue weighted by Crippen LogP contribution is -2.51. The van der Waals surface area contributed by atoms with Gasteiger partial charge in [-0.3, -0.25) is 9.59 Å². The van der Waals surface area contributed by atoms with Gasteiger partial charge in [0.05, 0.1) is 12.6 Å². The zero-order chi connectivity index (χ0) is 11.8. The molecule has 0 radical (unpaired) electrons. The van der Waals surface area contributed by atoms with Crippen molar-refractivity contribution in [2.75, 3.05) is 13.2 Å². The van der Waals surface area contributed by atoms with Crippen molar-refractivity contribution in [3.63, 3.8) is 0 Å². The summed E-state index contributed by atoms with van der Waals surface area (Å²) in [7, 11) is 0. The lowest BCUT2D eigenvalue weighted by molar-refractivity contribution is -0.141. The number of carbonyl (C=O) groups excluding carboxylic acids is 2. The number of ether oxygens (including phenoxy) is 1. The third kappa shape index (κ3) is 1.73. The van der Waals surface area contributed by atoms with Crippen LogP contribution in [0.3, 0.4) is 0 Å². The fourth-order valence-corrected chi connectivity index (χ4v) is 2.17. The number of carbonyl (C=O) groups is 2. The van der Waals surface area contributed by atoms with Crippen molar-refractivity contribution < 1.29 is 14.3 Å². The van der Waals surface area contributed by atoms with Crippen LogP contribution in [0.15, 0.2) is 18.2 Å². The first kappa shape index (κ1) is 10.1. The van der Waals surface area contributed by atoms with Gasteiger partial charge in [-0.2, -0.15) is 0 Å². The van der Waals surface area contributed by atoms with Gasteiger partial charge in [0.2, 0.25) is 0 Å². The van der Waals surface area contributed by atoms with E-state index in [4.69, 9.17) is 4.74 Å². The SMILES string of the molecule is O=C1NCC(c2ccc3c(c2)CCO3)NC1=O. The van der Waals surface area contributed by atoms with Crippen LogP contribution in [0.4, 0.5) is 0 Å². The smallest absolute Gasteiger partial charge is 0.309 e. The lowest BCUT2D eigenvalue weighted by Gasteiger charge is -2.24. The van der Waals surface area contributed by atoms with Crippen molar-refractivity contribution in [3.8, 4) is 5.75 Å². The minimum Gasteiger partial charge on any atom is -0.493 e. The normalized spacial score (nSPS) is 22.5. The summed E-state index contributed by atoms with van der Waals surface area (Å²) in [6, 6.07) is 5.73. The predicted octanol–water partition coefficient (Wildman–Crippen LogP) is -0.0914. The fourth-order valence-electron chi connectivity index (χ4n) is 2.17. The van der Waals surface area contributed by atoms with Gasteiger partial charge in [-0.15, -0.1) is 0 Å². The molecule has 1 aromatic rings. The molecule has 2 amide bonds. The summed E-state index contributed by atoms with van der Waals surface area (Å²) >= 11 is 0. The largest absolute Gasteiger partial charge is 0.493 e. The highest BCUT2D eigenvalue weighted by Crippen LogP contribution is 2.28. The Balaban J connectivity index is 1.85. The number of hydrogen-bond donors (Lipinski definition) is 2. The molecular weight excluding hydrogens is 220 g/mol. The summed E-state index contributed by atoms with van der Waals surface area (Å²) in [6.07, 6.45) is 0.899. The summed E-state index contributed by atoms with van der Waals surface area (Å²) in [6.45, 7) is 1.15. The van der Waals surface area contributed by atoms with Gasteiger partial charge in [0.1, 0.15) is 5.75 Å². The number of benzene rings is 1. The lowest BCUT2D eigenvalue weighted by atomic mass is 10.0. The van der Waals surface area contributed by atoms with Crippen LogP contribution in [-0.4, -0.2) is 25.0 Å². The molecular formula is C12H12N2O3. The van der Waals surface area contributed by atoms with E-state index >= 15 is 0 Å². The van der Waals surface area contributed by atoms with Crippen LogP contribution >= 0.6 is 0 Å². The van der Waals surface area contributed by atoms with Crippen molar-refractivity contribution in [3.05, 3.63) is 29.3 Å². The monoisotopic (exact) mass is 232 g/mol. The van der Waals surface area contributed by atoms with E-state index in [1.807, 2.05) is 18.2 Å². The molecule has 1 atom stereocenters. The molecule has 1 fully saturated rings. The van der Waals surface area contributed by atoms with Gasteiger partial charge < -0.3 is 15.4 Å². The average Bonchev–Trinajstić information content (AvgIpc) is 2.79. The van der Waals surface area contributed by atoms with Gasteiger partial charge in [-0.05, 0) is 23.3 Å². The molecule has 0 spiro atoms. The molecule has 17 heavy (non-hydrogen) atoms. The van der Waals surface area contributed by atoms with E-state index in [2.05, 4.69) is 10.6 Å². The first-order valence-electron chi connectivity index (χ1n) is 5.58. The van der Waals surface area contributed by atoms with Crippen LogP contribution in [0, 0.1) is 0 Å². The molecule has 1 saturated heterocycles. The topological polar surface area (TPSA) is 67.4 Å². The van der Waals surface area contributed by atoms with Crippen LogP contribution in [-0.2, 0) is 16.0 Å². The third-order valence-corrected chi connectivity index (χ3v) is 3.09. The minimum absolute atomic E-state index is 0.147. The van der Waals surface area contributed by atoms with Crippen molar-refractivity contribution in [2.24, 2.45) is 0 Å². The van der Waals surface area contributed by atoms with Crippen LogP contribution in [0.2, 0.25) is 0 Å². The summed E-state index contributed by atoms with van der Waals surface area (Å²) < 4.78 is 5.42. The van der Waals surface area contributed by atoms with Gasteiger partial charge in [-0.25, -0.2) is 0 Å². The van der Waals surface area contributed by atoms with Gasteiger partial charge in [-0.1, -0.05) is 6.07 Å². The van der Waals surface area contributed by atoms with Crippen molar-refractivity contribution in [2.45, 2.75) is 12.5 Å². The molecule has 2 N–H and O–H groups in total. The molecule has 5 heteroatoms. The van der Waals surface area contributed by atoms with Crippen LogP contribution in [0.5, 0.6) is 5.75 Å². The van der Waals surface area contributed by atoms with Gasteiger partial charge >= 0.3 is 11.8 Å². The highest BCUT2D eigenvalue weighted by molar-refractivity contribution is 6.35. The highest BCUT2D eigenvalue weighted by Gasteiger charge is 2.26. The van der Waals surface area contributed by atoms with Gasteiger partial charge in [0.15, 0.2) is 0 Å². The van der Waals surface area contributed by atoms with Crippen molar-refractivity contribution in [1.82, 2.24) is 10.6 Å². The van der Waals surface area contributed by atoms with E-state index in [-0.39, 0.29) is 6.04 Å². The minimum atomic E-state index is -0.571. The van der Waals surface area contributed by atoms with Crippen LogP contribution in [0.25, 0.3) is 0 Å². The second-order valence-corrected chi connectivity index (χ2v) is 4.20. The average molecular weight is 232 g/mol. The molecule has 1 unspecified atom stereocenters. The highest BCUT2D eigenvalue weighted by atomic mass is 16.5. The Labute approximate surface area is 98.1 Å². The molecule has 2 aliphatic heterocycles. The number of fused-ring (bicyclic) bond motifs is 1. The van der Waals surface area contributed by atoms with E-state index < -0.39 is 11.8 Å². The van der Waals surface area contributed by atoms with E-state index in [9.17, 15) is 9.59 Å². The molecule has 3 rings (SSSR count). The Hall–Kier alpha value is -2.04. The molecule has 5 nitrogen and oxygen atoms in total. The van der Waals surface area contributed by atoms with E-state index in [0.29, 0.717) is 13.2 Å². The Morgan fingerprint density at radius 2 is 2.12 bits per heavy atom. The van der Waals surface area contributed by atoms with E-state index in [0.717, 1.165) is 23.3 Å². The van der Waals surface area contributed by atoms with E-state index in [1.165, 1.54) is 0 Å². The summed E-state index contributed by atoms with van der Waals surface area (Å²) in [5.41, 5.74) is 2.16. The quantitative estimate of drug-likeness (QED) is 0.665. The van der Waals surface area contributed by atoms with Crippen LogP contribution < -0.4 is 15.4 Å². The Kier molecular flexibility index (Phi) is 2.24. The third-order valence-electron chi connectivity index (χ3n) is 3.09. The number of amides is 2. The number of hydrogen-bond acceptors (Lipinski definition) is 3. The molecule has 0 aromatic heterocycles. The van der Waals surface area contributed by atoms with Crippen molar-refractivity contribution >= 4 is 11.8 Å². The summed E-state index contributed by atoms with van der Waals surface area (Å²) in [5.74, 6) is -0.219. The Bertz CT molecular complexity index is 499.